The highest BCUT2D eigenvalue weighted by Gasteiger charge is 2.20. The Kier molecular flexibility index (Phi) is 2.27. The number of hydrogen-bond donors (Lipinski definition) is 1. The average Bonchev–Trinajstić information content (AvgIpc) is 2.39. The molecule has 64 valence electrons. The van der Waals surface area contributed by atoms with Crippen LogP contribution < -0.4 is 5.73 Å². The molecule has 1 nitrogen and oxygen atoms in total. The third kappa shape index (κ3) is 1.34. The Labute approximate surface area is 88.6 Å². The van der Waals surface area contributed by atoms with Crippen LogP contribution in [0, 0.1) is 0 Å². The predicted molar refractivity (Wildman–Crippen MR) is 57.2 cm³/mol. The zero-order chi connectivity index (χ0) is 8.72. The standard InChI is InChI=1S/C9H9Br2N/c10-8-2-1-5-3-6(12)4-7(5)9(8)11/h1-2,6H,3-4,12H2. The minimum absolute atomic E-state index is 0.311. The first kappa shape index (κ1) is 8.73. The van der Waals surface area contributed by atoms with Gasteiger partial charge in [-0.25, -0.2) is 0 Å². The molecule has 1 aromatic rings. The van der Waals surface area contributed by atoms with Crippen LogP contribution in [-0.4, -0.2) is 6.04 Å². The van der Waals surface area contributed by atoms with E-state index in [1.807, 2.05) is 0 Å². The fourth-order valence-electron chi connectivity index (χ4n) is 1.66. The van der Waals surface area contributed by atoms with E-state index in [-0.39, 0.29) is 0 Å². The van der Waals surface area contributed by atoms with Crippen molar-refractivity contribution < 1.29 is 0 Å². The van der Waals surface area contributed by atoms with Gasteiger partial charge in [0.2, 0.25) is 0 Å². The molecule has 1 aliphatic rings. The largest absolute Gasteiger partial charge is 0.327 e. The highest BCUT2D eigenvalue weighted by molar-refractivity contribution is 9.13. The van der Waals surface area contributed by atoms with Crippen molar-refractivity contribution in [3.05, 3.63) is 32.2 Å². The van der Waals surface area contributed by atoms with Gasteiger partial charge < -0.3 is 5.73 Å². The summed E-state index contributed by atoms with van der Waals surface area (Å²) in [7, 11) is 0. The fourth-order valence-corrected chi connectivity index (χ4v) is 2.58. The molecule has 0 spiro atoms. The molecule has 0 aromatic heterocycles. The van der Waals surface area contributed by atoms with Crippen LogP contribution in [0.25, 0.3) is 0 Å². The van der Waals surface area contributed by atoms with Crippen LogP contribution in [0.2, 0.25) is 0 Å². The molecule has 1 atom stereocenters. The van der Waals surface area contributed by atoms with E-state index in [1.54, 1.807) is 0 Å². The van der Waals surface area contributed by atoms with Crippen molar-refractivity contribution in [3.8, 4) is 0 Å². The van der Waals surface area contributed by atoms with Crippen LogP contribution in [-0.2, 0) is 12.8 Å². The second-order valence-electron chi connectivity index (χ2n) is 3.17. The Morgan fingerprint density at radius 3 is 2.75 bits per heavy atom. The molecule has 0 radical (unpaired) electrons. The smallest absolute Gasteiger partial charge is 0.0352 e. The Bertz CT molecular complexity index is 323. The van der Waals surface area contributed by atoms with E-state index in [1.165, 1.54) is 15.6 Å². The van der Waals surface area contributed by atoms with E-state index in [9.17, 15) is 0 Å². The molecule has 12 heavy (non-hydrogen) atoms. The van der Waals surface area contributed by atoms with Gasteiger partial charge in [0.05, 0.1) is 0 Å². The molecule has 0 aliphatic heterocycles. The lowest BCUT2D eigenvalue weighted by Crippen LogP contribution is -2.19. The third-order valence-electron chi connectivity index (χ3n) is 2.24. The van der Waals surface area contributed by atoms with E-state index < -0.39 is 0 Å². The van der Waals surface area contributed by atoms with Crippen molar-refractivity contribution in [3.63, 3.8) is 0 Å². The van der Waals surface area contributed by atoms with E-state index in [4.69, 9.17) is 5.73 Å². The van der Waals surface area contributed by atoms with Gasteiger partial charge in [0.15, 0.2) is 0 Å². The molecule has 0 fully saturated rings. The molecular weight excluding hydrogens is 282 g/mol. The topological polar surface area (TPSA) is 26.0 Å². The number of fused-ring (bicyclic) bond motifs is 1. The first-order valence-corrected chi connectivity index (χ1v) is 5.48. The monoisotopic (exact) mass is 289 g/mol. The van der Waals surface area contributed by atoms with E-state index >= 15 is 0 Å². The van der Waals surface area contributed by atoms with Crippen LogP contribution in [0.1, 0.15) is 11.1 Å². The molecule has 0 amide bonds. The van der Waals surface area contributed by atoms with Gasteiger partial charge in [0.1, 0.15) is 0 Å². The van der Waals surface area contributed by atoms with Crippen molar-refractivity contribution in [1.82, 2.24) is 0 Å². The van der Waals surface area contributed by atoms with Gasteiger partial charge in [-0.2, -0.15) is 0 Å². The maximum Gasteiger partial charge on any atom is 0.0352 e. The zero-order valence-corrected chi connectivity index (χ0v) is 9.65. The normalized spacial score (nSPS) is 21.1. The zero-order valence-electron chi connectivity index (χ0n) is 6.48. The molecule has 1 aromatic carbocycles. The van der Waals surface area contributed by atoms with Crippen LogP contribution >= 0.6 is 31.9 Å². The second kappa shape index (κ2) is 3.13. The molecule has 0 saturated heterocycles. The van der Waals surface area contributed by atoms with Crippen LogP contribution in [0.15, 0.2) is 21.1 Å². The van der Waals surface area contributed by atoms with Gasteiger partial charge in [0, 0.05) is 15.0 Å². The van der Waals surface area contributed by atoms with E-state index in [0.717, 1.165) is 17.3 Å². The van der Waals surface area contributed by atoms with Crippen molar-refractivity contribution in [2.24, 2.45) is 5.73 Å². The number of benzene rings is 1. The van der Waals surface area contributed by atoms with Gasteiger partial charge in [-0.15, -0.1) is 0 Å². The summed E-state index contributed by atoms with van der Waals surface area (Å²) < 4.78 is 2.29. The van der Waals surface area contributed by atoms with Gasteiger partial charge in [-0.3, -0.25) is 0 Å². The first-order chi connectivity index (χ1) is 5.68. The van der Waals surface area contributed by atoms with Gasteiger partial charge in [0.25, 0.3) is 0 Å². The van der Waals surface area contributed by atoms with Crippen molar-refractivity contribution in [1.29, 1.82) is 0 Å². The Balaban J connectivity index is 2.54. The summed E-state index contributed by atoms with van der Waals surface area (Å²) >= 11 is 7.04. The van der Waals surface area contributed by atoms with E-state index in [2.05, 4.69) is 44.0 Å². The maximum absolute atomic E-state index is 5.87. The minimum Gasteiger partial charge on any atom is -0.327 e. The Hall–Kier alpha value is 0.140. The van der Waals surface area contributed by atoms with Crippen LogP contribution in [0.3, 0.4) is 0 Å². The minimum atomic E-state index is 0.311. The summed E-state index contributed by atoms with van der Waals surface area (Å²) in [5.74, 6) is 0. The third-order valence-corrected chi connectivity index (χ3v) is 4.34. The molecule has 2 N–H and O–H groups in total. The molecule has 1 unspecified atom stereocenters. The van der Waals surface area contributed by atoms with Gasteiger partial charge in [-0.05, 0) is 61.9 Å². The summed E-state index contributed by atoms with van der Waals surface area (Å²) in [6.45, 7) is 0. The quantitative estimate of drug-likeness (QED) is 0.781. The number of rotatable bonds is 0. The van der Waals surface area contributed by atoms with Crippen molar-refractivity contribution in [2.45, 2.75) is 18.9 Å². The molecule has 2 rings (SSSR count). The lowest BCUT2D eigenvalue weighted by molar-refractivity contribution is 0.720. The number of halogens is 2. The van der Waals surface area contributed by atoms with Crippen molar-refractivity contribution in [2.75, 3.05) is 0 Å². The van der Waals surface area contributed by atoms with E-state index in [0.29, 0.717) is 6.04 Å². The molecule has 0 bridgehead atoms. The van der Waals surface area contributed by atoms with Crippen LogP contribution in [0.5, 0.6) is 0 Å². The van der Waals surface area contributed by atoms with Gasteiger partial charge >= 0.3 is 0 Å². The molecule has 1 aliphatic carbocycles. The van der Waals surface area contributed by atoms with Crippen LogP contribution in [0.4, 0.5) is 0 Å². The summed E-state index contributed by atoms with van der Waals surface area (Å²) in [4.78, 5) is 0. The highest BCUT2D eigenvalue weighted by atomic mass is 79.9. The molecule has 0 saturated carbocycles. The first-order valence-electron chi connectivity index (χ1n) is 3.90. The summed E-state index contributed by atoms with van der Waals surface area (Å²) in [5, 5.41) is 0. The van der Waals surface area contributed by atoms with Gasteiger partial charge in [-0.1, -0.05) is 6.07 Å². The van der Waals surface area contributed by atoms with Crippen molar-refractivity contribution >= 4 is 31.9 Å². The summed E-state index contributed by atoms with van der Waals surface area (Å²) in [6, 6.07) is 4.53. The lowest BCUT2D eigenvalue weighted by Gasteiger charge is -2.03. The average molecular weight is 291 g/mol. The SMILES string of the molecule is NC1Cc2ccc(Br)c(Br)c2C1. The summed E-state index contributed by atoms with van der Waals surface area (Å²) in [5.41, 5.74) is 8.63. The highest BCUT2D eigenvalue weighted by Crippen LogP contribution is 2.34. The number of hydrogen-bond acceptors (Lipinski definition) is 1. The molecular formula is C9H9Br2N. The second-order valence-corrected chi connectivity index (χ2v) is 4.81. The summed E-state index contributed by atoms with van der Waals surface area (Å²) in [6.07, 6.45) is 2.01. The maximum atomic E-state index is 5.87. The molecule has 0 heterocycles. The Morgan fingerprint density at radius 2 is 2.00 bits per heavy atom. The lowest BCUT2D eigenvalue weighted by atomic mass is 10.1. The fraction of sp³-hybridized carbons (Fsp3) is 0.333. The number of nitrogens with two attached hydrogens (primary N) is 1. The Morgan fingerprint density at radius 1 is 1.25 bits per heavy atom. The predicted octanol–water partition coefficient (Wildman–Crippen LogP) is 2.64. The molecule has 3 heteroatoms.